The maximum Gasteiger partial charge on any atom is 0.327 e. The molecule has 2 atom stereocenters. The van der Waals surface area contributed by atoms with E-state index in [4.69, 9.17) is 9.84 Å². The zero-order valence-electron chi connectivity index (χ0n) is 17.7. The Morgan fingerprint density at radius 1 is 1.07 bits per heavy atom. The molecule has 0 radical (unpaired) electrons. The van der Waals surface area contributed by atoms with E-state index in [0.29, 0.717) is 19.4 Å². The topological polar surface area (TPSA) is 66.8 Å². The number of carbonyl (C=O) groups excluding carboxylic acids is 1. The summed E-state index contributed by atoms with van der Waals surface area (Å²) < 4.78 is 4.97. The van der Waals surface area contributed by atoms with Crippen molar-refractivity contribution in [3.63, 3.8) is 0 Å². The van der Waals surface area contributed by atoms with Crippen LogP contribution in [-0.2, 0) is 20.9 Å². The molecule has 0 saturated carbocycles. The Hall–Kier alpha value is -2.92. The van der Waals surface area contributed by atoms with Crippen molar-refractivity contribution < 1.29 is 19.4 Å². The Balaban J connectivity index is 2.24. The summed E-state index contributed by atoms with van der Waals surface area (Å²) in [4.78, 5) is 25.2. The van der Waals surface area contributed by atoms with Gasteiger partial charge in [0.25, 0.3) is 0 Å². The number of carbonyl (C=O) groups is 2. The lowest BCUT2D eigenvalue weighted by Crippen LogP contribution is -2.38. The van der Waals surface area contributed by atoms with Gasteiger partial charge in [0.05, 0.1) is 13.5 Å². The van der Waals surface area contributed by atoms with Gasteiger partial charge in [0.2, 0.25) is 0 Å². The second-order valence-electron chi connectivity index (χ2n) is 7.35. The van der Waals surface area contributed by atoms with Crippen molar-refractivity contribution >= 4 is 11.9 Å². The number of carboxylic acid groups (broad SMARTS) is 1. The first-order valence-electron chi connectivity index (χ1n) is 10.3. The van der Waals surface area contributed by atoms with E-state index in [-0.39, 0.29) is 18.1 Å². The lowest BCUT2D eigenvalue weighted by Gasteiger charge is -2.36. The summed E-state index contributed by atoms with van der Waals surface area (Å²) in [6.45, 7) is 2.87. The highest BCUT2D eigenvalue weighted by atomic mass is 16.5. The van der Waals surface area contributed by atoms with Gasteiger partial charge in [-0.25, -0.2) is 4.79 Å². The fourth-order valence-electron chi connectivity index (χ4n) is 3.62. The summed E-state index contributed by atoms with van der Waals surface area (Å²) in [5, 5.41) is 8.77. The number of ether oxygens (including phenoxy) is 1. The van der Waals surface area contributed by atoms with Crippen LogP contribution in [0.2, 0.25) is 0 Å². The zero-order chi connectivity index (χ0) is 21.8. The molecule has 0 spiro atoms. The molecule has 30 heavy (non-hydrogen) atoms. The van der Waals surface area contributed by atoms with E-state index in [1.165, 1.54) is 24.3 Å². The number of unbranched alkanes of at least 4 members (excludes halogenated alkanes) is 1. The molecule has 0 aliphatic rings. The van der Waals surface area contributed by atoms with Gasteiger partial charge in [-0.2, -0.15) is 0 Å². The third kappa shape index (κ3) is 7.84. The standard InChI is InChI=1S/C25H31NO4/c1-20(22-14-8-4-9-15-22)26(19-21-12-6-3-7-13-21)23(18-25(29)30-2)16-10-5-11-17-24(27)28/h3-4,6-9,11-15,17,20,23H,5,10,16,18-19H2,1-2H3,(H,27,28)/b17-11+/t20-,23?/m1/s1. The molecule has 0 saturated heterocycles. The van der Waals surface area contributed by atoms with Gasteiger partial charge in [-0.3, -0.25) is 9.69 Å². The summed E-state index contributed by atoms with van der Waals surface area (Å²) in [5.41, 5.74) is 2.37. The van der Waals surface area contributed by atoms with E-state index in [2.05, 4.69) is 36.1 Å². The first kappa shape index (κ1) is 23.4. The van der Waals surface area contributed by atoms with Crippen molar-refractivity contribution in [3.8, 4) is 0 Å². The molecule has 5 heteroatoms. The number of hydrogen-bond acceptors (Lipinski definition) is 4. The fraction of sp³-hybridized carbons (Fsp3) is 0.360. The van der Waals surface area contributed by atoms with E-state index < -0.39 is 5.97 Å². The van der Waals surface area contributed by atoms with E-state index in [0.717, 1.165) is 12.8 Å². The van der Waals surface area contributed by atoms with Crippen LogP contribution in [-0.4, -0.2) is 35.1 Å². The highest BCUT2D eigenvalue weighted by Crippen LogP contribution is 2.28. The van der Waals surface area contributed by atoms with Gasteiger partial charge in [0.1, 0.15) is 0 Å². The molecule has 0 aliphatic carbocycles. The van der Waals surface area contributed by atoms with Gasteiger partial charge in [-0.15, -0.1) is 0 Å². The van der Waals surface area contributed by atoms with Crippen LogP contribution in [0.1, 0.15) is 49.8 Å². The first-order chi connectivity index (χ1) is 14.5. The van der Waals surface area contributed by atoms with Gasteiger partial charge in [0.15, 0.2) is 0 Å². The van der Waals surface area contributed by atoms with Crippen LogP contribution in [0.5, 0.6) is 0 Å². The molecular weight excluding hydrogens is 378 g/mol. The first-order valence-corrected chi connectivity index (χ1v) is 10.3. The number of hydrogen-bond donors (Lipinski definition) is 1. The summed E-state index contributed by atoms with van der Waals surface area (Å²) >= 11 is 0. The number of nitrogens with zero attached hydrogens (tertiary/aromatic N) is 1. The lowest BCUT2D eigenvalue weighted by molar-refractivity contribution is -0.142. The lowest BCUT2D eigenvalue weighted by atomic mass is 9.98. The van der Waals surface area contributed by atoms with E-state index >= 15 is 0 Å². The van der Waals surface area contributed by atoms with Crippen molar-refractivity contribution in [2.45, 2.75) is 51.2 Å². The van der Waals surface area contributed by atoms with Crippen LogP contribution >= 0.6 is 0 Å². The van der Waals surface area contributed by atoms with Crippen LogP contribution in [0.25, 0.3) is 0 Å². The zero-order valence-corrected chi connectivity index (χ0v) is 17.7. The molecule has 1 N–H and O–H groups in total. The largest absolute Gasteiger partial charge is 0.478 e. The van der Waals surface area contributed by atoms with Gasteiger partial charge < -0.3 is 9.84 Å². The molecule has 2 rings (SSSR count). The minimum atomic E-state index is -0.940. The summed E-state index contributed by atoms with van der Waals surface area (Å²) in [6.07, 6.45) is 5.34. The van der Waals surface area contributed by atoms with E-state index in [1.807, 2.05) is 36.4 Å². The van der Waals surface area contributed by atoms with Gasteiger partial charge in [-0.1, -0.05) is 66.7 Å². The summed E-state index contributed by atoms with van der Waals surface area (Å²) in [7, 11) is 1.41. The smallest absolute Gasteiger partial charge is 0.327 e. The van der Waals surface area contributed by atoms with E-state index in [1.54, 1.807) is 6.08 Å². The van der Waals surface area contributed by atoms with Crippen LogP contribution in [0.15, 0.2) is 72.8 Å². The second kappa shape index (κ2) is 12.6. The third-order valence-electron chi connectivity index (χ3n) is 5.25. The molecule has 0 fully saturated rings. The quantitative estimate of drug-likeness (QED) is 0.304. The number of rotatable bonds is 12. The van der Waals surface area contributed by atoms with Crippen molar-refractivity contribution in [3.05, 3.63) is 83.9 Å². The maximum absolute atomic E-state index is 12.2. The number of esters is 1. The number of allylic oxidation sites excluding steroid dienone is 1. The van der Waals surface area contributed by atoms with Crippen molar-refractivity contribution in [2.24, 2.45) is 0 Å². The Morgan fingerprint density at radius 2 is 1.70 bits per heavy atom. The second-order valence-corrected chi connectivity index (χ2v) is 7.35. The molecule has 2 aromatic rings. The number of benzene rings is 2. The molecule has 5 nitrogen and oxygen atoms in total. The van der Waals surface area contributed by atoms with Crippen molar-refractivity contribution in [1.29, 1.82) is 0 Å². The maximum atomic E-state index is 12.2. The van der Waals surface area contributed by atoms with Crippen molar-refractivity contribution in [1.82, 2.24) is 4.90 Å². The predicted molar refractivity (Wildman–Crippen MR) is 118 cm³/mol. The molecule has 1 unspecified atom stereocenters. The minimum absolute atomic E-state index is 0.0221. The molecule has 0 aromatic heterocycles. The van der Waals surface area contributed by atoms with Crippen LogP contribution < -0.4 is 0 Å². The third-order valence-corrected chi connectivity index (χ3v) is 5.25. The van der Waals surface area contributed by atoms with Crippen molar-refractivity contribution in [2.75, 3.05) is 7.11 Å². The Labute approximate surface area is 179 Å². The average molecular weight is 410 g/mol. The van der Waals surface area contributed by atoms with Crippen LogP contribution in [0, 0.1) is 0 Å². The number of carboxylic acids is 1. The van der Waals surface area contributed by atoms with E-state index in [9.17, 15) is 9.59 Å². The Morgan fingerprint density at radius 3 is 2.30 bits per heavy atom. The Kier molecular flexibility index (Phi) is 9.81. The monoisotopic (exact) mass is 409 g/mol. The normalized spacial score (nSPS) is 13.3. The minimum Gasteiger partial charge on any atom is -0.478 e. The summed E-state index contributed by atoms with van der Waals surface area (Å²) in [6, 6.07) is 20.6. The molecular formula is C25H31NO4. The van der Waals surface area contributed by atoms with Crippen LogP contribution in [0.3, 0.4) is 0 Å². The number of methoxy groups -OCH3 is 1. The molecule has 2 aromatic carbocycles. The molecule has 0 bridgehead atoms. The summed E-state index contributed by atoms with van der Waals surface area (Å²) in [5.74, 6) is -1.18. The predicted octanol–water partition coefficient (Wildman–Crippen LogP) is 4.99. The molecule has 0 aliphatic heterocycles. The van der Waals surface area contributed by atoms with Crippen LogP contribution in [0.4, 0.5) is 0 Å². The molecule has 0 heterocycles. The average Bonchev–Trinajstić information content (AvgIpc) is 2.77. The molecule has 0 amide bonds. The molecule has 160 valence electrons. The SMILES string of the molecule is COC(=O)CC(CCC/C=C/C(=O)O)N(Cc1ccccc1)[C@H](C)c1ccccc1. The number of aliphatic carboxylic acids is 1. The van der Waals surface area contributed by atoms with Gasteiger partial charge in [-0.05, 0) is 37.3 Å². The highest BCUT2D eigenvalue weighted by Gasteiger charge is 2.27. The van der Waals surface area contributed by atoms with Gasteiger partial charge in [0, 0.05) is 24.7 Å². The highest BCUT2D eigenvalue weighted by molar-refractivity contribution is 5.79. The Bertz CT molecular complexity index is 804. The fourth-order valence-corrected chi connectivity index (χ4v) is 3.62. The van der Waals surface area contributed by atoms with Gasteiger partial charge >= 0.3 is 11.9 Å².